The first-order valence-electron chi connectivity index (χ1n) is 6.47. The fraction of sp³-hybridized carbons (Fsp3) is 0.333. The third-order valence-corrected chi connectivity index (χ3v) is 23.6. The SMILES string of the molecule is C[Si](C)(c1ccc(Cl)cc1)[Si](C)(C)C1C=CC=C1. The molecule has 0 bridgehead atoms. The van der Waals surface area contributed by atoms with Crippen molar-refractivity contribution in [2.24, 2.45) is 0 Å². The van der Waals surface area contributed by atoms with Gasteiger partial charge in [-0.15, -0.1) is 0 Å². The lowest BCUT2D eigenvalue weighted by molar-refractivity contribution is 1.32. The van der Waals surface area contributed by atoms with Gasteiger partial charge in [-0.05, 0) is 17.7 Å². The molecule has 0 amide bonds. The van der Waals surface area contributed by atoms with Crippen LogP contribution in [0.15, 0.2) is 48.6 Å². The molecule has 0 fully saturated rings. The van der Waals surface area contributed by atoms with Crippen LogP contribution in [-0.2, 0) is 0 Å². The Bertz CT molecular complexity index is 472. The van der Waals surface area contributed by atoms with Gasteiger partial charge in [-0.25, -0.2) is 0 Å². The van der Waals surface area contributed by atoms with E-state index < -0.39 is 15.2 Å². The van der Waals surface area contributed by atoms with Crippen LogP contribution in [0, 0.1) is 0 Å². The molecule has 1 aromatic carbocycles. The second-order valence-corrected chi connectivity index (χ2v) is 22.1. The van der Waals surface area contributed by atoms with Gasteiger partial charge in [-0.2, -0.15) is 0 Å². The molecule has 1 aromatic rings. The van der Waals surface area contributed by atoms with Crippen LogP contribution in [0.25, 0.3) is 0 Å². The van der Waals surface area contributed by atoms with E-state index in [0.717, 1.165) is 5.02 Å². The molecule has 0 spiro atoms. The first kappa shape index (κ1) is 13.8. The summed E-state index contributed by atoms with van der Waals surface area (Å²) in [6.45, 7) is 10.1. The van der Waals surface area contributed by atoms with Crippen molar-refractivity contribution in [3.05, 3.63) is 53.6 Å². The summed E-state index contributed by atoms with van der Waals surface area (Å²) in [5.41, 5.74) is 0.690. The summed E-state index contributed by atoms with van der Waals surface area (Å²) in [6, 6.07) is 8.56. The van der Waals surface area contributed by atoms with Crippen LogP contribution < -0.4 is 5.19 Å². The van der Waals surface area contributed by atoms with E-state index in [2.05, 4.69) is 62.6 Å². The zero-order valence-corrected chi connectivity index (χ0v) is 14.3. The smallest absolute Gasteiger partial charge is 0.0748 e. The summed E-state index contributed by atoms with van der Waals surface area (Å²) in [6.07, 6.45) is 9.17. The van der Waals surface area contributed by atoms with Crippen LogP contribution in [0.4, 0.5) is 0 Å². The molecule has 2 rings (SSSR count). The van der Waals surface area contributed by atoms with Crippen molar-refractivity contribution >= 4 is 32.0 Å². The zero-order valence-electron chi connectivity index (χ0n) is 11.6. The van der Waals surface area contributed by atoms with Crippen LogP contribution in [0.2, 0.25) is 36.8 Å². The highest BCUT2D eigenvalue weighted by Gasteiger charge is 2.46. The molecule has 3 heteroatoms. The zero-order chi connectivity index (χ0) is 13.4. The van der Waals surface area contributed by atoms with Gasteiger partial charge in [0.15, 0.2) is 0 Å². The van der Waals surface area contributed by atoms with Crippen molar-refractivity contribution in [3.8, 4) is 0 Å². The third kappa shape index (κ3) is 2.29. The number of halogens is 1. The standard InChI is InChI=1S/C15H21ClSi2/c1-17(2,14-7-5-6-8-14)18(3,4)15-11-9-13(16)10-12-15/h5-12,14H,1-4H3. The Hall–Kier alpha value is -0.576. The summed E-state index contributed by atoms with van der Waals surface area (Å²) in [5.74, 6) is 0. The highest BCUT2D eigenvalue weighted by molar-refractivity contribution is 7.46. The minimum absolute atomic E-state index is 0.690. The van der Waals surface area contributed by atoms with Gasteiger partial charge in [-0.3, -0.25) is 0 Å². The van der Waals surface area contributed by atoms with Crippen molar-refractivity contribution in [1.29, 1.82) is 0 Å². The summed E-state index contributed by atoms with van der Waals surface area (Å²) < 4.78 is 0. The minimum Gasteiger partial charge on any atom is -0.0843 e. The molecule has 0 radical (unpaired) electrons. The maximum atomic E-state index is 6.01. The summed E-state index contributed by atoms with van der Waals surface area (Å²) in [7, 11) is -2.75. The van der Waals surface area contributed by atoms with Gasteiger partial charge < -0.3 is 0 Å². The Morgan fingerprint density at radius 2 is 1.39 bits per heavy atom. The molecule has 1 aliphatic rings. The fourth-order valence-electron chi connectivity index (χ4n) is 2.57. The van der Waals surface area contributed by atoms with E-state index in [1.165, 1.54) is 5.19 Å². The van der Waals surface area contributed by atoms with Crippen LogP contribution in [0.5, 0.6) is 0 Å². The number of hydrogen-bond donors (Lipinski definition) is 0. The number of allylic oxidation sites excluding steroid dienone is 4. The van der Waals surface area contributed by atoms with Crippen LogP contribution in [-0.4, -0.2) is 15.2 Å². The Morgan fingerprint density at radius 3 is 1.89 bits per heavy atom. The number of rotatable bonds is 3. The van der Waals surface area contributed by atoms with Crippen molar-refractivity contribution in [1.82, 2.24) is 0 Å². The molecule has 0 unspecified atom stereocenters. The highest BCUT2D eigenvalue weighted by Crippen LogP contribution is 2.35. The Balaban J connectivity index is 2.37. The average molecular weight is 293 g/mol. The van der Waals surface area contributed by atoms with Crippen molar-refractivity contribution in [2.75, 3.05) is 0 Å². The van der Waals surface area contributed by atoms with E-state index >= 15 is 0 Å². The van der Waals surface area contributed by atoms with E-state index in [-0.39, 0.29) is 0 Å². The lowest BCUT2D eigenvalue weighted by Crippen LogP contribution is -2.64. The largest absolute Gasteiger partial charge is 0.0843 e. The van der Waals surface area contributed by atoms with Gasteiger partial charge in [-0.1, -0.05) is 79.4 Å². The molecule has 96 valence electrons. The van der Waals surface area contributed by atoms with E-state index in [1.807, 2.05) is 12.1 Å². The molecule has 0 aromatic heterocycles. The van der Waals surface area contributed by atoms with E-state index in [9.17, 15) is 0 Å². The predicted molar refractivity (Wildman–Crippen MR) is 88.1 cm³/mol. The summed E-state index contributed by atoms with van der Waals surface area (Å²) >= 11 is 6.01. The van der Waals surface area contributed by atoms with Gasteiger partial charge in [0.05, 0.1) is 15.2 Å². The predicted octanol–water partition coefficient (Wildman–Crippen LogP) is 4.54. The van der Waals surface area contributed by atoms with E-state index in [1.54, 1.807) is 0 Å². The second-order valence-electron chi connectivity index (χ2n) is 6.15. The van der Waals surface area contributed by atoms with Crippen LogP contribution in [0.3, 0.4) is 0 Å². The molecule has 1 aliphatic carbocycles. The molecule has 0 N–H and O–H groups in total. The maximum Gasteiger partial charge on any atom is 0.0748 e. The molecule has 0 heterocycles. The van der Waals surface area contributed by atoms with Gasteiger partial charge >= 0.3 is 0 Å². The Labute approximate surface area is 117 Å². The molecule has 0 nitrogen and oxygen atoms in total. The second kappa shape index (κ2) is 4.84. The van der Waals surface area contributed by atoms with Gasteiger partial charge in [0.25, 0.3) is 0 Å². The van der Waals surface area contributed by atoms with Crippen molar-refractivity contribution < 1.29 is 0 Å². The Kier molecular flexibility index (Phi) is 3.72. The molecule has 18 heavy (non-hydrogen) atoms. The lowest BCUT2D eigenvalue weighted by atomic mass is 10.4. The fourth-order valence-corrected chi connectivity index (χ4v) is 12.3. The van der Waals surface area contributed by atoms with Crippen LogP contribution >= 0.6 is 11.6 Å². The molecule has 0 saturated carbocycles. The molecular weight excluding hydrogens is 272 g/mol. The lowest BCUT2D eigenvalue weighted by Gasteiger charge is -2.42. The monoisotopic (exact) mass is 292 g/mol. The Morgan fingerprint density at radius 1 is 0.889 bits per heavy atom. The molecule has 0 saturated heterocycles. The molecule has 0 aliphatic heterocycles. The van der Waals surface area contributed by atoms with Crippen LogP contribution in [0.1, 0.15) is 0 Å². The number of hydrogen-bond acceptors (Lipinski definition) is 0. The van der Waals surface area contributed by atoms with Crippen molar-refractivity contribution in [3.63, 3.8) is 0 Å². The first-order chi connectivity index (χ1) is 8.35. The average Bonchev–Trinajstić information content (AvgIpc) is 2.83. The third-order valence-electron chi connectivity index (χ3n) is 4.76. The molecular formula is C15H21ClSi2. The molecule has 0 atom stereocenters. The van der Waals surface area contributed by atoms with Gasteiger partial charge in [0.2, 0.25) is 0 Å². The minimum atomic E-state index is -1.42. The quantitative estimate of drug-likeness (QED) is 0.718. The first-order valence-corrected chi connectivity index (χ1v) is 13.9. The number of benzene rings is 1. The maximum absolute atomic E-state index is 6.01. The van der Waals surface area contributed by atoms with Crippen molar-refractivity contribution in [2.45, 2.75) is 31.7 Å². The van der Waals surface area contributed by atoms with Gasteiger partial charge in [0.1, 0.15) is 0 Å². The van der Waals surface area contributed by atoms with E-state index in [4.69, 9.17) is 11.6 Å². The topological polar surface area (TPSA) is 0 Å². The normalized spacial score (nSPS) is 16.5. The highest BCUT2D eigenvalue weighted by atomic mass is 35.5. The van der Waals surface area contributed by atoms with E-state index in [0.29, 0.717) is 5.54 Å². The van der Waals surface area contributed by atoms with Gasteiger partial charge in [0, 0.05) is 5.02 Å². The summed E-state index contributed by atoms with van der Waals surface area (Å²) in [5, 5.41) is 2.38. The summed E-state index contributed by atoms with van der Waals surface area (Å²) in [4.78, 5) is 0.